The molecule has 31 heavy (non-hydrogen) atoms. The number of amides is 1. The van der Waals surface area contributed by atoms with Crippen molar-refractivity contribution in [3.05, 3.63) is 60.2 Å². The van der Waals surface area contributed by atoms with E-state index < -0.39 is 5.60 Å². The summed E-state index contributed by atoms with van der Waals surface area (Å²) in [6, 6.07) is 18.3. The van der Waals surface area contributed by atoms with Gasteiger partial charge >= 0.3 is 6.09 Å². The Bertz CT molecular complexity index is 1040. The van der Waals surface area contributed by atoms with E-state index in [0.717, 1.165) is 16.7 Å². The van der Waals surface area contributed by atoms with Crippen LogP contribution in [0, 0.1) is 0 Å². The average molecular weight is 420 g/mol. The number of fused-ring (bicyclic) bond motifs is 1. The number of para-hydroxylation sites is 1. The quantitative estimate of drug-likeness (QED) is 0.680. The van der Waals surface area contributed by atoms with Gasteiger partial charge in [-0.2, -0.15) is 4.98 Å². The van der Waals surface area contributed by atoms with Gasteiger partial charge in [-0.3, -0.25) is 0 Å². The molecule has 162 valence electrons. The fourth-order valence-electron chi connectivity index (χ4n) is 3.54. The van der Waals surface area contributed by atoms with Gasteiger partial charge in [-0.15, -0.1) is 0 Å². The summed E-state index contributed by atoms with van der Waals surface area (Å²) in [5.41, 5.74) is 1.60. The summed E-state index contributed by atoms with van der Waals surface area (Å²) < 4.78 is 5.50. The Balaban J connectivity index is 1.50. The molecule has 2 aromatic carbocycles. The molecule has 2 heterocycles. The van der Waals surface area contributed by atoms with Crippen molar-refractivity contribution >= 4 is 28.8 Å². The van der Waals surface area contributed by atoms with Gasteiger partial charge in [0.05, 0.1) is 5.52 Å². The monoisotopic (exact) mass is 419 g/mol. The SMILES string of the molecule is CC(C)(C)OC(=O)N1CCN(c2nc(NCc3ccccc3)c3ccccc3n2)CC1. The molecule has 3 aromatic rings. The first-order valence-corrected chi connectivity index (χ1v) is 10.7. The minimum atomic E-state index is -0.491. The fourth-order valence-corrected chi connectivity index (χ4v) is 3.54. The smallest absolute Gasteiger partial charge is 0.410 e. The Kier molecular flexibility index (Phi) is 5.93. The van der Waals surface area contributed by atoms with Crippen molar-refractivity contribution in [1.29, 1.82) is 0 Å². The zero-order valence-corrected chi connectivity index (χ0v) is 18.3. The van der Waals surface area contributed by atoms with E-state index in [9.17, 15) is 4.79 Å². The maximum atomic E-state index is 12.3. The topological polar surface area (TPSA) is 70.6 Å². The number of nitrogens with zero attached hydrogens (tertiary/aromatic N) is 4. The van der Waals surface area contributed by atoms with E-state index in [-0.39, 0.29) is 6.09 Å². The second kappa shape index (κ2) is 8.79. The van der Waals surface area contributed by atoms with Crippen molar-refractivity contribution in [3.63, 3.8) is 0 Å². The van der Waals surface area contributed by atoms with Crippen LogP contribution in [-0.2, 0) is 11.3 Å². The predicted octanol–water partition coefficient (Wildman–Crippen LogP) is 4.30. The maximum absolute atomic E-state index is 12.3. The highest BCUT2D eigenvalue weighted by atomic mass is 16.6. The molecule has 0 atom stereocenters. The van der Waals surface area contributed by atoms with Gasteiger partial charge in [0.1, 0.15) is 11.4 Å². The zero-order chi connectivity index (χ0) is 21.8. The van der Waals surface area contributed by atoms with Crippen LogP contribution in [0.15, 0.2) is 54.6 Å². The first-order chi connectivity index (χ1) is 14.9. The second-order valence-corrected chi connectivity index (χ2v) is 8.68. The van der Waals surface area contributed by atoms with Gasteiger partial charge in [0, 0.05) is 38.1 Å². The highest BCUT2D eigenvalue weighted by Gasteiger charge is 2.27. The van der Waals surface area contributed by atoms with Gasteiger partial charge in [0.25, 0.3) is 0 Å². The Hall–Kier alpha value is -3.35. The number of anilines is 2. The van der Waals surface area contributed by atoms with Crippen molar-refractivity contribution < 1.29 is 9.53 Å². The van der Waals surface area contributed by atoms with Gasteiger partial charge in [-0.25, -0.2) is 9.78 Å². The lowest BCUT2D eigenvalue weighted by atomic mass is 10.2. The van der Waals surface area contributed by atoms with E-state index in [1.807, 2.05) is 63.2 Å². The standard InChI is InChI=1S/C24H29N5O2/c1-24(2,3)31-23(30)29-15-13-28(14-16-29)22-26-20-12-8-7-11-19(20)21(27-22)25-17-18-9-5-4-6-10-18/h4-12H,13-17H2,1-3H3,(H,25,26,27). The number of carbonyl (C=O) groups is 1. The number of hydrogen-bond acceptors (Lipinski definition) is 6. The number of nitrogens with one attached hydrogen (secondary N) is 1. The first kappa shape index (κ1) is 20.9. The van der Waals surface area contributed by atoms with Crippen LogP contribution in [0.5, 0.6) is 0 Å². The van der Waals surface area contributed by atoms with E-state index in [4.69, 9.17) is 14.7 Å². The first-order valence-electron chi connectivity index (χ1n) is 10.7. The molecular formula is C24H29N5O2. The lowest BCUT2D eigenvalue weighted by Crippen LogP contribution is -2.50. The van der Waals surface area contributed by atoms with Gasteiger partial charge in [0.2, 0.25) is 5.95 Å². The lowest BCUT2D eigenvalue weighted by molar-refractivity contribution is 0.0240. The van der Waals surface area contributed by atoms with Crippen LogP contribution in [0.2, 0.25) is 0 Å². The van der Waals surface area contributed by atoms with Crippen LogP contribution in [0.4, 0.5) is 16.6 Å². The molecule has 7 heteroatoms. The van der Waals surface area contributed by atoms with Crippen LogP contribution >= 0.6 is 0 Å². The minimum Gasteiger partial charge on any atom is -0.444 e. The molecule has 1 aliphatic heterocycles. The summed E-state index contributed by atoms with van der Waals surface area (Å²) in [6.07, 6.45) is -0.267. The van der Waals surface area contributed by atoms with Gasteiger partial charge in [-0.05, 0) is 38.5 Å². The number of piperazine rings is 1. The Morgan fingerprint density at radius 3 is 2.35 bits per heavy atom. The van der Waals surface area contributed by atoms with Crippen molar-refractivity contribution in [2.24, 2.45) is 0 Å². The molecule has 4 rings (SSSR count). The van der Waals surface area contributed by atoms with Gasteiger partial charge < -0.3 is 19.9 Å². The van der Waals surface area contributed by atoms with E-state index in [1.54, 1.807) is 4.90 Å². The number of hydrogen-bond donors (Lipinski definition) is 1. The molecule has 1 amide bonds. The lowest BCUT2D eigenvalue weighted by Gasteiger charge is -2.35. The third-order valence-corrected chi connectivity index (χ3v) is 5.11. The predicted molar refractivity (Wildman–Crippen MR) is 123 cm³/mol. The molecule has 0 radical (unpaired) electrons. The summed E-state index contributed by atoms with van der Waals surface area (Å²) in [4.78, 5) is 25.8. The Morgan fingerprint density at radius 2 is 1.65 bits per heavy atom. The molecule has 1 saturated heterocycles. The van der Waals surface area contributed by atoms with E-state index in [1.165, 1.54) is 5.56 Å². The van der Waals surface area contributed by atoms with Crippen molar-refractivity contribution in [2.75, 3.05) is 36.4 Å². The Morgan fingerprint density at radius 1 is 0.968 bits per heavy atom. The average Bonchev–Trinajstić information content (AvgIpc) is 2.77. The largest absolute Gasteiger partial charge is 0.444 e. The van der Waals surface area contributed by atoms with Crippen LogP contribution in [-0.4, -0.2) is 52.7 Å². The summed E-state index contributed by atoms with van der Waals surface area (Å²) in [5, 5.41) is 4.47. The van der Waals surface area contributed by atoms with Crippen LogP contribution < -0.4 is 10.2 Å². The summed E-state index contributed by atoms with van der Waals surface area (Å²) >= 11 is 0. The Labute approximate surface area is 183 Å². The number of rotatable bonds is 4. The fraction of sp³-hybridized carbons (Fsp3) is 0.375. The van der Waals surface area contributed by atoms with Crippen LogP contribution in [0.25, 0.3) is 10.9 Å². The van der Waals surface area contributed by atoms with Crippen molar-refractivity contribution in [3.8, 4) is 0 Å². The van der Waals surface area contributed by atoms with Crippen molar-refractivity contribution in [2.45, 2.75) is 32.9 Å². The molecule has 0 bridgehead atoms. The van der Waals surface area contributed by atoms with Crippen molar-refractivity contribution in [1.82, 2.24) is 14.9 Å². The molecule has 7 nitrogen and oxygen atoms in total. The minimum absolute atomic E-state index is 0.267. The van der Waals surface area contributed by atoms with Crippen LogP contribution in [0.3, 0.4) is 0 Å². The van der Waals surface area contributed by atoms with E-state index in [2.05, 4.69) is 22.3 Å². The summed E-state index contributed by atoms with van der Waals surface area (Å²) in [7, 11) is 0. The van der Waals surface area contributed by atoms with Gasteiger partial charge in [-0.1, -0.05) is 42.5 Å². The number of aromatic nitrogens is 2. The maximum Gasteiger partial charge on any atom is 0.410 e. The number of carbonyl (C=O) groups excluding carboxylic acids is 1. The number of benzene rings is 2. The molecule has 0 saturated carbocycles. The molecular weight excluding hydrogens is 390 g/mol. The molecule has 0 spiro atoms. The molecule has 1 aliphatic rings. The molecule has 0 unspecified atom stereocenters. The highest BCUT2D eigenvalue weighted by Crippen LogP contribution is 2.25. The van der Waals surface area contributed by atoms with E-state index in [0.29, 0.717) is 38.7 Å². The third kappa shape index (κ3) is 5.23. The molecule has 1 N–H and O–H groups in total. The molecule has 1 fully saturated rings. The zero-order valence-electron chi connectivity index (χ0n) is 18.3. The molecule has 0 aliphatic carbocycles. The normalized spacial score (nSPS) is 14.5. The highest BCUT2D eigenvalue weighted by molar-refractivity contribution is 5.90. The summed E-state index contributed by atoms with van der Waals surface area (Å²) in [6.45, 7) is 8.82. The molecule has 1 aromatic heterocycles. The van der Waals surface area contributed by atoms with Crippen LogP contribution in [0.1, 0.15) is 26.3 Å². The van der Waals surface area contributed by atoms with E-state index >= 15 is 0 Å². The summed E-state index contributed by atoms with van der Waals surface area (Å²) in [5.74, 6) is 1.50. The third-order valence-electron chi connectivity index (χ3n) is 5.11. The number of ether oxygens (including phenoxy) is 1. The second-order valence-electron chi connectivity index (χ2n) is 8.68. The van der Waals surface area contributed by atoms with Gasteiger partial charge in [0.15, 0.2) is 0 Å².